The maximum atomic E-state index is 6.94. The van der Waals surface area contributed by atoms with Crippen LogP contribution in [-0.2, 0) is 25.8 Å². The molecular weight excluding hydrogens is 519 g/mol. The van der Waals surface area contributed by atoms with Crippen molar-refractivity contribution in [2.24, 2.45) is 0 Å². The average Bonchev–Trinajstić information content (AvgIpc) is 3.22. The first-order valence-electron chi connectivity index (χ1n) is 10.9. The first-order chi connectivity index (χ1) is 12.9. The van der Waals surface area contributed by atoms with Crippen molar-refractivity contribution in [3.8, 4) is 0 Å². The summed E-state index contributed by atoms with van der Waals surface area (Å²) >= 11 is 0. The molecule has 0 radical (unpaired) electrons. The molecular formula is C26H46HfN2. The van der Waals surface area contributed by atoms with Gasteiger partial charge in [-0.15, -0.1) is 23.9 Å². The number of unbranched alkanes of at least 4 members (excludes halogenated alkanes) is 2. The molecule has 2 N–H and O–H groups in total. The van der Waals surface area contributed by atoms with Crippen LogP contribution < -0.4 is 0 Å². The van der Waals surface area contributed by atoms with Crippen LogP contribution in [0.3, 0.4) is 0 Å². The molecule has 0 spiro atoms. The van der Waals surface area contributed by atoms with Gasteiger partial charge in [-0.3, -0.25) is 12.2 Å². The van der Waals surface area contributed by atoms with Crippen LogP contribution in [0.4, 0.5) is 0 Å². The van der Waals surface area contributed by atoms with Crippen LogP contribution >= 0.6 is 0 Å². The molecule has 0 aromatic carbocycles. The molecule has 2 aliphatic carbocycles. The van der Waals surface area contributed by atoms with Gasteiger partial charge in [-0.05, 0) is 0 Å². The molecule has 2 aliphatic rings. The summed E-state index contributed by atoms with van der Waals surface area (Å²) < 4.78 is 0. The average molecular weight is 565 g/mol. The Morgan fingerprint density at radius 1 is 0.724 bits per heavy atom. The minimum atomic E-state index is -0.250. The van der Waals surface area contributed by atoms with E-state index in [0.717, 1.165) is 12.8 Å². The van der Waals surface area contributed by atoms with E-state index in [0.29, 0.717) is 0 Å². The van der Waals surface area contributed by atoms with Gasteiger partial charge < -0.3 is 11.5 Å². The number of hydrogen-bond donors (Lipinski definition) is 0. The molecule has 0 aromatic heterocycles. The number of nitrogens with one attached hydrogen (secondary N) is 2. The Balaban J connectivity index is -0.000000321. The summed E-state index contributed by atoms with van der Waals surface area (Å²) in [6.07, 6.45) is 25.1. The molecule has 0 amide bonds. The van der Waals surface area contributed by atoms with Crippen molar-refractivity contribution in [1.82, 2.24) is 0 Å². The van der Waals surface area contributed by atoms with Gasteiger partial charge in [-0.25, -0.2) is 23.3 Å². The summed E-state index contributed by atoms with van der Waals surface area (Å²) in [5.41, 5.74) is 16.2. The molecule has 164 valence electrons. The fourth-order valence-corrected chi connectivity index (χ4v) is 1.98. The Morgan fingerprint density at radius 2 is 1.00 bits per heavy atom. The summed E-state index contributed by atoms with van der Waals surface area (Å²) in [4.78, 5) is 0. The molecule has 0 unspecified atom stereocenters. The minimum absolute atomic E-state index is 0. The van der Waals surface area contributed by atoms with Crippen molar-refractivity contribution in [3.63, 3.8) is 0 Å². The summed E-state index contributed by atoms with van der Waals surface area (Å²) in [5.74, 6) is 0. The predicted molar refractivity (Wildman–Crippen MR) is 128 cm³/mol. The van der Waals surface area contributed by atoms with Gasteiger partial charge in [0.1, 0.15) is 0 Å². The summed E-state index contributed by atoms with van der Waals surface area (Å²) in [7, 11) is 0. The molecule has 0 saturated carbocycles. The molecule has 0 heterocycles. The van der Waals surface area contributed by atoms with E-state index in [-0.39, 0.29) is 36.9 Å². The molecule has 0 saturated heterocycles. The molecule has 3 heteroatoms. The van der Waals surface area contributed by atoms with Gasteiger partial charge in [-0.1, -0.05) is 93.9 Å². The zero-order valence-electron chi connectivity index (χ0n) is 20.5. The number of allylic oxidation sites excluding steroid dienone is 8. The van der Waals surface area contributed by atoms with E-state index in [9.17, 15) is 0 Å². The van der Waals surface area contributed by atoms with Crippen LogP contribution in [0.25, 0.3) is 11.5 Å². The van der Waals surface area contributed by atoms with Crippen LogP contribution in [0.15, 0.2) is 35.5 Å². The largest absolute Gasteiger partial charge is 4.00 e. The van der Waals surface area contributed by atoms with E-state index < -0.39 is 0 Å². The van der Waals surface area contributed by atoms with E-state index in [2.05, 4.69) is 50.3 Å². The third-order valence-corrected chi connectivity index (χ3v) is 3.13. The standard InChI is InChI=1S/2C9H13.2C4H10N.Hf/c2*1-2-3-6-9-7-4-5-8-9;2*1-4(2,3)5;/h2*4,7H,2-3,5-6H2,1H3;2*5H,1-3H3;/q4*-1;+4. The minimum Gasteiger partial charge on any atom is -0.673 e. The SMILES string of the molecule is CC(C)(C)[NH-].CC(C)(C)[NH-].CCCCC1=[C-]CC=C1.CCCCC1=[C-]CC=C1.[Hf+4]. The Morgan fingerprint density at radius 3 is 1.17 bits per heavy atom. The topological polar surface area (TPSA) is 47.6 Å². The van der Waals surface area contributed by atoms with Crippen LogP contribution in [0.1, 0.15) is 107 Å². The fourth-order valence-electron chi connectivity index (χ4n) is 1.98. The Bertz CT molecular complexity index is 428. The number of hydrogen-bond acceptors (Lipinski definition) is 0. The molecule has 0 atom stereocenters. The monoisotopic (exact) mass is 566 g/mol. The van der Waals surface area contributed by atoms with Crippen molar-refractivity contribution in [2.45, 2.75) is 118 Å². The van der Waals surface area contributed by atoms with E-state index in [1.165, 1.54) is 49.7 Å². The van der Waals surface area contributed by atoms with Crippen molar-refractivity contribution in [3.05, 3.63) is 59.1 Å². The smallest absolute Gasteiger partial charge is 0.673 e. The van der Waals surface area contributed by atoms with Crippen LogP contribution in [-0.4, -0.2) is 11.1 Å². The van der Waals surface area contributed by atoms with E-state index in [1.807, 2.05) is 41.5 Å². The Kier molecular flexibility index (Phi) is 22.7. The zero-order chi connectivity index (χ0) is 22.1. The van der Waals surface area contributed by atoms with Crippen molar-refractivity contribution < 1.29 is 25.8 Å². The van der Waals surface area contributed by atoms with E-state index in [1.54, 1.807) is 0 Å². The molecule has 0 aromatic rings. The van der Waals surface area contributed by atoms with Gasteiger partial charge in [0, 0.05) is 0 Å². The summed E-state index contributed by atoms with van der Waals surface area (Å²) in [6, 6.07) is 0. The van der Waals surface area contributed by atoms with E-state index >= 15 is 0 Å². The Labute approximate surface area is 202 Å². The van der Waals surface area contributed by atoms with Crippen LogP contribution in [0, 0.1) is 12.2 Å². The van der Waals surface area contributed by atoms with Gasteiger partial charge in [0.2, 0.25) is 0 Å². The third kappa shape index (κ3) is 38.9. The molecule has 29 heavy (non-hydrogen) atoms. The molecule has 2 nitrogen and oxygen atoms in total. The first-order valence-corrected chi connectivity index (χ1v) is 10.9. The quantitative estimate of drug-likeness (QED) is 0.228. The third-order valence-electron chi connectivity index (χ3n) is 3.13. The van der Waals surface area contributed by atoms with Gasteiger partial charge in [0.15, 0.2) is 0 Å². The summed E-state index contributed by atoms with van der Waals surface area (Å²) in [6.45, 7) is 15.6. The second-order valence-corrected chi connectivity index (χ2v) is 9.32. The normalized spacial score (nSPS) is 14.3. The van der Waals surface area contributed by atoms with Crippen LogP contribution in [0.2, 0.25) is 0 Å². The second kappa shape index (κ2) is 19.7. The van der Waals surface area contributed by atoms with Gasteiger partial charge in [0.25, 0.3) is 0 Å². The first kappa shape index (κ1) is 33.4. The van der Waals surface area contributed by atoms with Gasteiger partial charge >= 0.3 is 25.8 Å². The molecule has 0 fully saturated rings. The molecule has 0 bridgehead atoms. The molecule has 0 aliphatic heterocycles. The van der Waals surface area contributed by atoms with E-state index in [4.69, 9.17) is 11.5 Å². The van der Waals surface area contributed by atoms with Gasteiger partial charge in [0.05, 0.1) is 0 Å². The fraction of sp³-hybridized carbons (Fsp3) is 0.692. The second-order valence-electron chi connectivity index (χ2n) is 9.32. The maximum Gasteiger partial charge on any atom is 4.00 e. The van der Waals surface area contributed by atoms with Crippen LogP contribution in [0.5, 0.6) is 0 Å². The molecule has 2 rings (SSSR count). The van der Waals surface area contributed by atoms with Crippen molar-refractivity contribution >= 4 is 0 Å². The summed E-state index contributed by atoms with van der Waals surface area (Å²) in [5, 5.41) is 0. The Hall–Kier alpha value is -0.250. The number of rotatable bonds is 6. The zero-order valence-corrected chi connectivity index (χ0v) is 24.1. The predicted octanol–water partition coefficient (Wildman–Crippen LogP) is 9.40. The van der Waals surface area contributed by atoms with Crippen molar-refractivity contribution in [1.29, 1.82) is 0 Å². The maximum absolute atomic E-state index is 6.94. The van der Waals surface area contributed by atoms with Crippen molar-refractivity contribution in [2.75, 3.05) is 0 Å². The van der Waals surface area contributed by atoms with Gasteiger partial charge in [-0.2, -0.15) is 12.2 Å².